The minimum atomic E-state index is -0.630. The van der Waals surface area contributed by atoms with Gasteiger partial charge in [0.25, 0.3) is 0 Å². The molecule has 2 amide bonds. The molecule has 2 aromatic carbocycles. The van der Waals surface area contributed by atoms with Crippen molar-refractivity contribution in [3.8, 4) is 0 Å². The molecule has 0 aliphatic carbocycles. The normalized spacial score (nSPS) is 11.5. The molecule has 0 aromatic heterocycles. The average Bonchev–Trinajstić information content (AvgIpc) is 2.60. The Balaban J connectivity index is 1.92. The summed E-state index contributed by atoms with van der Waals surface area (Å²) in [6.07, 6.45) is -0.356. The largest absolute Gasteiger partial charge is 0.445 e. The van der Waals surface area contributed by atoms with Crippen molar-refractivity contribution in [3.63, 3.8) is 0 Å². The Hall–Kier alpha value is -2.86. The Morgan fingerprint density at radius 2 is 1.75 bits per heavy atom. The molecule has 0 spiro atoms. The maximum atomic E-state index is 11.9. The van der Waals surface area contributed by atoms with Gasteiger partial charge in [-0.3, -0.25) is 4.79 Å². The third-order valence-corrected chi connectivity index (χ3v) is 3.50. The maximum absolute atomic E-state index is 11.9. The van der Waals surface area contributed by atoms with Crippen LogP contribution < -0.4 is 11.1 Å². The number of aliphatic hydroxyl groups excluding tert-OH is 1. The fourth-order valence-corrected chi connectivity index (χ4v) is 2.30. The highest BCUT2D eigenvalue weighted by Crippen LogP contribution is 2.11. The first-order valence-electron chi connectivity index (χ1n) is 7.56. The van der Waals surface area contributed by atoms with Crippen LogP contribution in [0.2, 0.25) is 0 Å². The lowest BCUT2D eigenvalue weighted by molar-refractivity contribution is 0.0999. The lowest BCUT2D eigenvalue weighted by atomic mass is 10.0. The van der Waals surface area contributed by atoms with Gasteiger partial charge in [0.15, 0.2) is 0 Å². The molecule has 4 N–H and O–H groups in total. The zero-order chi connectivity index (χ0) is 17.4. The Morgan fingerprint density at radius 3 is 2.42 bits per heavy atom. The van der Waals surface area contributed by atoms with Crippen molar-refractivity contribution < 1.29 is 19.4 Å². The number of carbonyl (C=O) groups excluding carboxylic acids is 2. The summed E-state index contributed by atoms with van der Waals surface area (Å²) in [5.74, 6) is -0.547. The topological polar surface area (TPSA) is 102 Å². The SMILES string of the molecule is NC(=O)c1ccccc1CC(CO)NC(=O)OCc1ccccc1. The summed E-state index contributed by atoms with van der Waals surface area (Å²) in [7, 11) is 0. The molecule has 0 aliphatic rings. The molecular formula is C18H20N2O4. The minimum absolute atomic E-state index is 0.142. The van der Waals surface area contributed by atoms with E-state index in [2.05, 4.69) is 5.32 Å². The van der Waals surface area contributed by atoms with Gasteiger partial charge in [-0.15, -0.1) is 0 Å². The molecule has 0 saturated heterocycles. The highest BCUT2D eigenvalue weighted by molar-refractivity contribution is 5.94. The second-order valence-corrected chi connectivity index (χ2v) is 5.31. The molecule has 0 fully saturated rings. The lowest BCUT2D eigenvalue weighted by Gasteiger charge is -2.17. The van der Waals surface area contributed by atoms with E-state index in [1.165, 1.54) is 0 Å². The van der Waals surface area contributed by atoms with E-state index in [1.54, 1.807) is 24.3 Å². The fourth-order valence-electron chi connectivity index (χ4n) is 2.30. The van der Waals surface area contributed by atoms with E-state index in [9.17, 15) is 14.7 Å². The van der Waals surface area contributed by atoms with Crippen molar-refractivity contribution in [1.29, 1.82) is 0 Å². The number of ether oxygens (including phenoxy) is 1. The van der Waals surface area contributed by atoms with Crippen molar-refractivity contribution in [2.45, 2.75) is 19.1 Å². The number of benzene rings is 2. The Labute approximate surface area is 140 Å². The van der Waals surface area contributed by atoms with Crippen LogP contribution in [0.25, 0.3) is 0 Å². The van der Waals surface area contributed by atoms with E-state index in [0.29, 0.717) is 11.1 Å². The summed E-state index contributed by atoms with van der Waals surface area (Å²) in [5.41, 5.74) is 7.23. The molecule has 2 rings (SSSR count). The monoisotopic (exact) mass is 328 g/mol. The highest BCUT2D eigenvalue weighted by atomic mass is 16.5. The van der Waals surface area contributed by atoms with Gasteiger partial charge in [0.2, 0.25) is 5.91 Å². The molecule has 1 atom stereocenters. The first kappa shape index (κ1) is 17.5. The van der Waals surface area contributed by atoms with Crippen molar-refractivity contribution in [1.82, 2.24) is 5.32 Å². The number of primary amides is 1. The van der Waals surface area contributed by atoms with Crippen LogP contribution in [0, 0.1) is 0 Å². The third-order valence-electron chi connectivity index (χ3n) is 3.50. The van der Waals surface area contributed by atoms with Gasteiger partial charge in [0, 0.05) is 5.56 Å². The second-order valence-electron chi connectivity index (χ2n) is 5.31. The van der Waals surface area contributed by atoms with Gasteiger partial charge < -0.3 is 20.9 Å². The van der Waals surface area contributed by atoms with E-state index in [0.717, 1.165) is 5.56 Å². The number of alkyl carbamates (subject to hydrolysis) is 1. The van der Waals surface area contributed by atoms with Crippen LogP contribution in [0.4, 0.5) is 4.79 Å². The van der Waals surface area contributed by atoms with Crippen LogP contribution in [0.5, 0.6) is 0 Å². The lowest BCUT2D eigenvalue weighted by Crippen LogP contribution is -2.39. The number of aliphatic hydroxyl groups is 1. The number of amides is 2. The molecule has 6 nitrogen and oxygen atoms in total. The number of carbonyl (C=O) groups is 2. The molecular weight excluding hydrogens is 308 g/mol. The maximum Gasteiger partial charge on any atom is 0.407 e. The van der Waals surface area contributed by atoms with E-state index >= 15 is 0 Å². The molecule has 2 aromatic rings. The Bertz CT molecular complexity index is 688. The van der Waals surface area contributed by atoms with Crippen molar-refractivity contribution >= 4 is 12.0 Å². The van der Waals surface area contributed by atoms with Crippen LogP contribution in [0.15, 0.2) is 54.6 Å². The molecule has 1 unspecified atom stereocenters. The van der Waals surface area contributed by atoms with E-state index in [-0.39, 0.29) is 19.6 Å². The van der Waals surface area contributed by atoms with Gasteiger partial charge in [0.05, 0.1) is 12.6 Å². The average molecular weight is 328 g/mol. The fraction of sp³-hybridized carbons (Fsp3) is 0.222. The number of rotatable bonds is 7. The summed E-state index contributed by atoms with van der Waals surface area (Å²) in [5, 5.41) is 12.1. The summed E-state index contributed by atoms with van der Waals surface area (Å²) in [4.78, 5) is 23.3. The van der Waals surface area contributed by atoms with Gasteiger partial charge in [-0.1, -0.05) is 48.5 Å². The first-order chi connectivity index (χ1) is 11.6. The standard InChI is InChI=1S/C18H20N2O4/c19-17(22)16-9-5-4-8-14(16)10-15(11-21)20-18(23)24-12-13-6-2-1-3-7-13/h1-9,15,21H,10-12H2,(H2,19,22)(H,20,23). The zero-order valence-electron chi connectivity index (χ0n) is 13.1. The quantitative estimate of drug-likeness (QED) is 0.718. The van der Waals surface area contributed by atoms with Gasteiger partial charge in [-0.2, -0.15) is 0 Å². The summed E-state index contributed by atoms with van der Waals surface area (Å²) >= 11 is 0. The van der Waals surface area contributed by atoms with Crippen molar-refractivity contribution in [3.05, 3.63) is 71.3 Å². The number of nitrogens with two attached hydrogens (primary N) is 1. The van der Waals surface area contributed by atoms with Crippen LogP contribution in [0.1, 0.15) is 21.5 Å². The molecule has 0 saturated carbocycles. The predicted molar refractivity (Wildman–Crippen MR) is 89.3 cm³/mol. The van der Waals surface area contributed by atoms with Crippen molar-refractivity contribution in [2.75, 3.05) is 6.61 Å². The van der Waals surface area contributed by atoms with E-state index in [1.807, 2.05) is 30.3 Å². The number of hydrogen-bond acceptors (Lipinski definition) is 4. The smallest absolute Gasteiger partial charge is 0.407 e. The zero-order valence-corrected chi connectivity index (χ0v) is 13.1. The third kappa shape index (κ3) is 5.10. The van der Waals surface area contributed by atoms with Gasteiger partial charge in [-0.05, 0) is 23.6 Å². The summed E-state index contributed by atoms with van der Waals surface area (Å²) in [6.45, 7) is -0.143. The van der Waals surface area contributed by atoms with Crippen LogP contribution in [0.3, 0.4) is 0 Å². The highest BCUT2D eigenvalue weighted by Gasteiger charge is 2.16. The molecule has 0 bridgehead atoms. The molecule has 126 valence electrons. The Kier molecular flexibility index (Phi) is 6.33. The van der Waals surface area contributed by atoms with Crippen LogP contribution in [-0.4, -0.2) is 29.8 Å². The van der Waals surface area contributed by atoms with E-state index in [4.69, 9.17) is 10.5 Å². The van der Waals surface area contributed by atoms with Crippen LogP contribution in [-0.2, 0) is 17.8 Å². The number of nitrogens with one attached hydrogen (secondary N) is 1. The predicted octanol–water partition coefficient (Wildman–Crippen LogP) is 1.62. The first-order valence-corrected chi connectivity index (χ1v) is 7.56. The van der Waals surface area contributed by atoms with Crippen LogP contribution >= 0.6 is 0 Å². The summed E-state index contributed by atoms with van der Waals surface area (Å²) in [6, 6.07) is 15.5. The van der Waals surface area contributed by atoms with E-state index < -0.39 is 18.0 Å². The molecule has 0 radical (unpaired) electrons. The minimum Gasteiger partial charge on any atom is -0.445 e. The van der Waals surface area contributed by atoms with Gasteiger partial charge in [-0.25, -0.2) is 4.79 Å². The van der Waals surface area contributed by atoms with Gasteiger partial charge >= 0.3 is 6.09 Å². The molecule has 24 heavy (non-hydrogen) atoms. The Morgan fingerprint density at radius 1 is 1.08 bits per heavy atom. The molecule has 6 heteroatoms. The molecule has 0 aliphatic heterocycles. The molecule has 0 heterocycles. The second kappa shape index (κ2) is 8.69. The van der Waals surface area contributed by atoms with Crippen molar-refractivity contribution in [2.24, 2.45) is 5.73 Å². The summed E-state index contributed by atoms with van der Waals surface area (Å²) < 4.78 is 5.12. The van der Waals surface area contributed by atoms with Gasteiger partial charge in [0.1, 0.15) is 6.61 Å². The number of hydrogen-bond donors (Lipinski definition) is 3.